The Morgan fingerprint density at radius 3 is 2.60 bits per heavy atom. The molecule has 8 heteroatoms. The van der Waals surface area contributed by atoms with Crippen LogP contribution >= 0.6 is 0 Å². The van der Waals surface area contributed by atoms with Crippen molar-refractivity contribution in [1.82, 2.24) is 4.98 Å². The predicted molar refractivity (Wildman–Crippen MR) is 63.5 cm³/mol. The van der Waals surface area contributed by atoms with E-state index in [4.69, 9.17) is 19.9 Å². The maximum Gasteiger partial charge on any atom is 0.433 e. The fraction of sp³-hybridized carbons (Fsp3) is 0.417. The molecule has 110 valence electrons. The lowest BCUT2D eigenvalue weighted by Crippen LogP contribution is -2.21. The van der Waals surface area contributed by atoms with Crippen LogP contribution in [0.15, 0.2) is 24.2 Å². The van der Waals surface area contributed by atoms with Crippen LogP contribution in [0.25, 0.3) is 0 Å². The molecule has 0 fully saturated rings. The molecule has 0 spiro atoms. The molecule has 2 heterocycles. The molecule has 0 saturated carbocycles. The summed E-state index contributed by atoms with van der Waals surface area (Å²) in [6, 6.07) is 1.95. The number of nitrogen functional groups attached to an aromatic ring is 1. The topological polar surface area (TPSA) is 66.6 Å². The molecular formula is C12H13F3N2O3. The quantitative estimate of drug-likeness (QED) is 0.927. The first-order valence-corrected chi connectivity index (χ1v) is 5.69. The molecule has 0 unspecified atom stereocenters. The van der Waals surface area contributed by atoms with Crippen molar-refractivity contribution in [2.45, 2.75) is 25.8 Å². The molecule has 0 bridgehead atoms. The summed E-state index contributed by atoms with van der Waals surface area (Å²) in [5.74, 6) is -0.682. The number of nitrogens with two attached hydrogens (primary N) is 1. The van der Waals surface area contributed by atoms with Gasteiger partial charge in [0.1, 0.15) is 6.26 Å². The summed E-state index contributed by atoms with van der Waals surface area (Å²) < 4.78 is 53.3. The van der Waals surface area contributed by atoms with E-state index in [2.05, 4.69) is 4.98 Å². The van der Waals surface area contributed by atoms with E-state index in [-0.39, 0.29) is 18.2 Å². The van der Waals surface area contributed by atoms with Gasteiger partial charge in [-0.2, -0.15) is 13.2 Å². The summed E-state index contributed by atoms with van der Waals surface area (Å²) in [4.78, 5) is 3.35. The Kier molecular flexibility index (Phi) is 3.41. The number of hydrogen-bond acceptors (Lipinski definition) is 5. The molecular weight excluding hydrogens is 277 g/mol. The number of alkyl halides is 3. The van der Waals surface area contributed by atoms with Crippen molar-refractivity contribution < 1.29 is 27.4 Å². The lowest BCUT2D eigenvalue weighted by molar-refractivity contribution is -0.141. The molecule has 1 aromatic rings. The third-order valence-electron chi connectivity index (χ3n) is 2.33. The molecule has 1 aliphatic rings. The highest BCUT2D eigenvalue weighted by atomic mass is 19.4. The van der Waals surface area contributed by atoms with E-state index in [9.17, 15) is 13.2 Å². The van der Waals surface area contributed by atoms with Gasteiger partial charge in [-0.3, -0.25) is 0 Å². The van der Waals surface area contributed by atoms with Crippen LogP contribution in [0.4, 0.5) is 18.9 Å². The van der Waals surface area contributed by atoms with Gasteiger partial charge >= 0.3 is 6.18 Å². The van der Waals surface area contributed by atoms with Crippen LogP contribution in [-0.2, 0) is 15.7 Å². The molecule has 2 N–H and O–H groups in total. The molecule has 0 radical (unpaired) electrons. The molecule has 0 saturated heterocycles. The van der Waals surface area contributed by atoms with Gasteiger partial charge in [0.15, 0.2) is 18.1 Å². The smallest absolute Gasteiger partial charge is 0.433 e. The second-order valence-corrected chi connectivity index (χ2v) is 4.61. The Labute approximate surface area is 113 Å². The van der Waals surface area contributed by atoms with Crippen molar-refractivity contribution in [1.29, 1.82) is 0 Å². The van der Waals surface area contributed by atoms with Crippen molar-refractivity contribution in [3.63, 3.8) is 0 Å². The van der Waals surface area contributed by atoms with Crippen molar-refractivity contribution in [2.24, 2.45) is 0 Å². The number of anilines is 1. The monoisotopic (exact) mass is 290 g/mol. The highest BCUT2D eigenvalue weighted by molar-refractivity contribution is 5.43. The minimum atomic E-state index is -4.58. The van der Waals surface area contributed by atoms with Gasteiger partial charge in [-0.05, 0) is 6.07 Å². The summed E-state index contributed by atoms with van der Waals surface area (Å²) in [5.41, 5.74) is 4.20. The zero-order valence-electron chi connectivity index (χ0n) is 10.8. The zero-order chi connectivity index (χ0) is 15.0. The van der Waals surface area contributed by atoms with E-state index < -0.39 is 17.7 Å². The average Bonchev–Trinajstić information content (AvgIpc) is 2.64. The maximum absolute atomic E-state index is 12.6. The molecule has 0 aliphatic carbocycles. The van der Waals surface area contributed by atoms with Gasteiger partial charge < -0.3 is 19.9 Å². The summed E-state index contributed by atoms with van der Waals surface area (Å²) in [6.07, 6.45) is -3.24. The van der Waals surface area contributed by atoms with E-state index in [1.54, 1.807) is 13.8 Å². The second kappa shape index (κ2) is 4.77. The Balaban J connectivity index is 2.05. The zero-order valence-corrected chi connectivity index (χ0v) is 10.8. The molecule has 1 aromatic heterocycles. The third kappa shape index (κ3) is 3.46. The fourth-order valence-electron chi connectivity index (χ4n) is 1.52. The Morgan fingerprint density at radius 2 is 2.05 bits per heavy atom. The van der Waals surface area contributed by atoms with Crippen molar-refractivity contribution in [3.8, 4) is 5.88 Å². The standard InChI is InChI=1S/C12H13F3N2O3/c1-11(2)19-6-8(20-11)5-18-10-4-7(16)3-9(17-10)12(13,14)15/h3-4,6H,5H2,1-2H3,(H2,16,17). The highest BCUT2D eigenvalue weighted by Gasteiger charge is 2.33. The van der Waals surface area contributed by atoms with Crippen LogP contribution < -0.4 is 10.5 Å². The Morgan fingerprint density at radius 1 is 1.35 bits per heavy atom. The van der Waals surface area contributed by atoms with Crippen molar-refractivity contribution >= 4 is 5.69 Å². The van der Waals surface area contributed by atoms with Crippen LogP contribution in [0.1, 0.15) is 19.5 Å². The van der Waals surface area contributed by atoms with Gasteiger partial charge in [-0.1, -0.05) is 0 Å². The number of hydrogen-bond donors (Lipinski definition) is 1. The number of ether oxygens (including phenoxy) is 3. The molecule has 5 nitrogen and oxygen atoms in total. The first-order chi connectivity index (χ1) is 9.16. The first kappa shape index (κ1) is 14.3. The first-order valence-electron chi connectivity index (χ1n) is 5.69. The summed E-state index contributed by atoms with van der Waals surface area (Å²) in [7, 11) is 0. The molecule has 0 atom stereocenters. The van der Waals surface area contributed by atoms with Crippen LogP contribution in [-0.4, -0.2) is 17.4 Å². The number of aromatic nitrogens is 1. The number of rotatable bonds is 3. The normalized spacial score (nSPS) is 17.1. The SMILES string of the molecule is CC1(C)OC=C(COc2cc(N)cc(C(F)(F)F)n2)O1. The number of halogens is 3. The Hall–Kier alpha value is -2.12. The molecule has 0 amide bonds. The number of nitrogens with zero attached hydrogens (tertiary/aromatic N) is 1. The second-order valence-electron chi connectivity index (χ2n) is 4.61. The van der Waals surface area contributed by atoms with E-state index in [1.165, 1.54) is 12.3 Å². The summed E-state index contributed by atoms with van der Waals surface area (Å²) in [6.45, 7) is 3.28. The van der Waals surface area contributed by atoms with Gasteiger partial charge in [0, 0.05) is 25.6 Å². The van der Waals surface area contributed by atoms with E-state index in [0.717, 1.165) is 6.07 Å². The lowest BCUT2D eigenvalue weighted by atomic mass is 10.3. The van der Waals surface area contributed by atoms with E-state index in [0.29, 0.717) is 5.76 Å². The molecule has 1 aliphatic heterocycles. The van der Waals surface area contributed by atoms with Crippen molar-refractivity contribution in [2.75, 3.05) is 12.3 Å². The van der Waals surface area contributed by atoms with Crippen molar-refractivity contribution in [3.05, 3.63) is 29.8 Å². The predicted octanol–water partition coefficient (Wildman–Crippen LogP) is 2.69. The third-order valence-corrected chi connectivity index (χ3v) is 2.33. The van der Waals surface area contributed by atoms with Crippen LogP contribution in [0, 0.1) is 0 Å². The Bertz CT molecular complexity index is 541. The van der Waals surface area contributed by atoms with E-state index >= 15 is 0 Å². The molecule has 2 rings (SSSR count). The van der Waals surface area contributed by atoms with E-state index in [1.807, 2.05) is 0 Å². The minimum absolute atomic E-state index is 0.0831. The van der Waals surface area contributed by atoms with Crippen LogP contribution in [0.3, 0.4) is 0 Å². The summed E-state index contributed by atoms with van der Waals surface area (Å²) >= 11 is 0. The lowest BCUT2D eigenvalue weighted by Gasteiger charge is -2.18. The minimum Gasteiger partial charge on any atom is -0.469 e. The van der Waals surface area contributed by atoms with Gasteiger partial charge in [0.25, 0.3) is 0 Å². The largest absolute Gasteiger partial charge is 0.469 e. The van der Waals surface area contributed by atoms with Gasteiger partial charge in [0.05, 0.1) is 0 Å². The highest BCUT2D eigenvalue weighted by Crippen LogP contribution is 2.31. The van der Waals surface area contributed by atoms with Gasteiger partial charge in [-0.15, -0.1) is 0 Å². The molecule has 0 aromatic carbocycles. The number of pyridine rings is 1. The maximum atomic E-state index is 12.6. The van der Waals surface area contributed by atoms with Gasteiger partial charge in [0.2, 0.25) is 11.7 Å². The average molecular weight is 290 g/mol. The van der Waals surface area contributed by atoms with Crippen LogP contribution in [0.2, 0.25) is 0 Å². The van der Waals surface area contributed by atoms with Crippen LogP contribution in [0.5, 0.6) is 5.88 Å². The fourth-order valence-corrected chi connectivity index (χ4v) is 1.52. The molecule has 20 heavy (non-hydrogen) atoms. The summed E-state index contributed by atoms with van der Waals surface area (Å²) in [5, 5.41) is 0. The van der Waals surface area contributed by atoms with Gasteiger partial charge in [-0.25, -0.2) is 4.98 Å².